The molecule has 102 valence electrons. The number of para-hydroxylation sites is 1. The Morgan fingerprint density at radius 1 is 1.26 bits per heavy atom. The molecule has 5 nitrogen and oxygen atoms in total. The highest BCUT2D eigenvalue weighted by molar-refractivity contribution is 5.33. The second-order valence-corrected chi connectivity index (χ2v) is 4.40. The van der Waals surface area contributed by atoms with Crippen LogP contribution in [0.5, 0.6) is 5.75 Å². The topological polar surface area (TPSA) is 52.0 Å². The summed E-state index contributed by atoms with van der Waals surface area (Å²) in [5.74, 6) is 2.61. The lowest BCUT2D eigenvalue weighted by molar-refractivity contribution is 0.287. The van der Waals surface area contributed by atoms with Gasteiger partial charge in [0, 0.05) is 19.2 Å². The van der Waals surface area contributed by atoms with Crippen molar-refractivity contribution < 1.29 is 4.74 Å². The fourth-order valence-corrected chi connectivity index (χ4v) is 1.77. The SMILES string of the molecule is CCNCc1ccccc1OCc1nnc(C)n1C. The van der Waals surface area contributed by atoms with Gasteiger partial charge in [0.25, 0.3) is 0 Å². The minimum Gasteiger partial charge on any atom is -0.485 e. The summed E-state index contributed by atoms with van der Waals surface area (Å²) < 4.78 is 7.79. The molecule has 2 rings (SSSR count). The quantitative estimate of drug-likeness (QED) is 0.860. The Hall–Kier alpha value is -1.88. The van der Waals surface area contributed by atoms with E-state index in [1.165, 1.54) is 0 Å². The van der Waals surface area contributed by atoms with Gasteiger partial charge in [-0.1, -0.05) is 25.1 Å². The third kappa shape index (κ3) is 3.32. The fraction of sp³-hybridized carbons (Fsp3) is 0.429. The number of nitrogens with zero attached hydrogens (tertiary/aromatic N) is 3. The van der Waals surface area contributed by atoms with Crippen LogP contribution in [0.15, 0.2) is 24.3 Å². The molecule has 0 spiro atoms. The lowest BCUT2D eigenvalue weighted by atomic mass is 10.2. The smallest absolute Gasteiger partial charge is 0.170 e. The molecule has 1 aromatic carbocycles. The molecule has 0 radical (unpaired) electrons. The highest BCUT2D eigenvalue weighted by atomic mass is 16.5. The van der Waals surface area contributed by atoms with Crippen molar-refractivity contribution in [3.63, 3.8) is 0 Å². The number of rotatable bonds is 6. The van der Waals surface area contributed by atoms with E-state index < -0.39 is 0 Å². The van der Waals surface area contributed by atoms with Gasteiger partial charge in [-0.3, -0.25) is 0 Å². The van der Waals surface area contributed by atoms with E-state index in [-0.39, 0.29) is 0 Å². The molecule has 0 saturated heterocycles. The average Bonchev–Trinajstić information content (AvgIpc) is 2.75. The van der Waals surface area contributed by atoms with Crippen LogP contribution in [0.4, 0.5) is 0 Å². The molecule has 0 atom stereocenters. The zero-order valence-electron chi connectivity index (χ0n) is 11.7. The number of aromatic nitrogens is 3. The summed E-state index contributed by atoms with van der Waals surface area (Å²) in [5.41, 5.74) is 1.16. The van der Waals surface area contributed by atoms with Crippen molar-refractivity contribution in [2.75, 3.05) is 6.54 Å². The Labute approximate surface area is 113 Å². The molecular formula is C14H20N4O. The maximum absolute atomic E-state index is 5.85. The molecule has 19 heavy (non-hydrogen) atoms. The van der Waals surface area contributed by atoms with E-state index in [4.69, 9.17) is 4.74 Å². The van der Waals surface area contributed by atoms with Crippen LogP contribution < -0.4 is 10.1 Å². The standard InChI is InChI=1S/C14H20N4O/c1-4-15-9-12-7-5-6-8-13(12)19-10-14-17-16-11(2)18(14)3/h5-8,15H,4,9-10H2,1-3H3. The van der Waals surface area contributed by atoms with E-state index in [0.717, 1.165) is 36.1 Å². The zero-order chi connectivity index (χ0) is 13.7. The van der Waals surface area contributed by atoms with E-state index in [2.05, 4.69) is 28.5 Å². The van der Waals surface area contributed by atoms with E-state index in [1.807, 2.05) is 36.7 Å². The van der Waals surface area contributed by atoms with Crippen molar-refractivity contribution in [3.05, 3.63) is 41.5 Å². The number of aryl methyl sites for hydroxylation is 1. The van der Waals surface area contributed by atoms with E-state index in [0.29, 0.717) is 6.61 Å². The molecule has 0 aliphatic heterocycles. The first-order valence-corrected chi connectivity index (χ1v) is 6.48. The number of nitrogens with one attached hydrogen (secondary N) is 1. The summed E-state index contributed by atoms with van der Waals surface area (Å²) >= 11 is 0. The minimum atomic E-state index is 0.431. The molecule has 0 bridgehead atoms. The van der Waals surface area contributed by atoms with Gasteiger partial charge in [0.05, 0.1) is 0 Å². The van der Waals surface area contributed by atoms with Crippen LogP contribution in [0.25, 0.3) is 0 Å². The second kappa shape index (κ2) is 6.33. The van der Waals surface area contributed by atoms with Crippen molar-refractivity contribution >= 4 is 0 Å². The maximum Gasteiger partial charge on any atom is 0.170 e. The third-order valence-corrected chi connectivity index (χ3v) is 3.08. The summed E-state index contributed by atoms with van der Waals surface area (Å²) in [7, 11) is 1.94. The number of ether oxygens (including phenoxy) is 1. The van der Waals surface area contributed by atoms with Gasteiger partial charge in [0.2, 0.25) is 0 Å². The van der Waals surface area contributed by atoms with Crippen molar-refractivity contribution in [2.24, 2.45) is 7.05 Å². The monoisotopic (exact) mass is 260 g/mol. The molecular weight excluding hydrogens is 240 g/mol. The lowest BCUT2D eigenvalue weighted by Crippen LogP contribution is -2.13. The highest BCUT2D eigenvalue weighted by Gasteiger charge is 2.07. The van der Waals surface area contributed by atoms with Crippen molar-refractivity contribution in [1.82, 2.24) is 20.1 Å². The van der Waals surface area contributed by atoms with Crippen LogP contribution in [0, 0.1) is 6.92 Å². The molecule has 5 heteroatoms. The Morgan fingerprint density at radius 2 is 2.05 bits per heavy atom. The average molecular weight is 260 g/mol. The summed E-state index contributed by atoms with van der Waals surface area (Å²) in [4.78, 5) is 0. The summed E-state index contributed by atoms with van der Waals surface area (Å²) in [6, 6.07) is 8.05. The van der Waals surface area contributed by atoms with Gasteiger partial charge in [0.1, 0.15) is 18.2 Å². The molecule has 1 heterocycles. The first kappa shape index (κ1) is 13.5. The first-order chi connectivity index (χ1) is 9.22. The third-order valence-electron chi connectivity index (χ3n) is 3.08. The van der Waals surface area contributed by atoms with E-state index in [9.17, 15) is 0 Å². The van der Waals surface area contributed by atoms with Crippen molar-refractivity contribution in [3.8, 4) is 5.75 Å². The molecule has 0 aliphatic rings. The van der Waals surface area contributed by atoms with Crippen LogP contribution in [0.3, 0.4) is 0 Å². The van der Waals surface area contributed by atoms with Gasteiger partial charge >= 0.3 is 0 Å². The van der Waals surface area contributed by atoms with Gasteiger partial charge in [0.15, 0.2) is 5.82 Å². The number of benzene rings is 1. The van der Waals surface area contributed by atoms with E-state index >= 15 is 0 Å². The second-order valence-electron chi connectivity index (χ2n) is 4.40. The molecule has 2 aromatic rings. The van der Waals surface area contributed by atoms with Gasteiger partial charge in [-0.2, -0.15) is 0 Å². The Balaban J connectivity index is 2.04. The molecule has 0 saturated carbocycles. The predicted octanol–water partition coefficient (Wildman–Crippen LogP) is 1.81. The van der Waals surface area contributed by atoms with Crippen LogP contribution in [0.1, 0.15) is 24.1 Å². The molecule has 1 aromatic heterocycles. The number of hydrogen-bond donors (Lipinski definition) is 1. The Kier molecular flexibility index (Phi) is 4.52. The van der Waals surface area contributed by atoms with Crippen molar-refractivity contribution in [2.45, 2.75) is 27.0 Å². The highest BCUT2D eigenvalue weighted by Crippen LogP contribution is 2.18. The summed E-state index contributed by atoms with van der Waals surface area (Å²) in [6.45, 7) is 6.20. The van der Waals surface area contributed by atoms with Crippen LogP contribution >= 0.6 is 0 Å². The largest absolute Gasteiger partial charge is 0.485 e. The Bertz CT molecular complexity index is 536. The normalized spacial score (nSPS) is 10.7. The van der Waals surface area contributed by atoms with Crippen LogP contribution in [-0.2, 0) is 20.2 Å². The summed E-state index contributed by atoms with van der Waals surface area (Å²) in [5, 5.41) is 11.4. The van der Waals surface area contributed by atoms with Gasteiger partial charge in [-0.05, 0) is 19.5 Å². The molecule has 0 amide bonds. The van der Waals surface area contributed by atoms with Gasteiger partial charge in [-0.25, -0.2) is 0 Å². The Morgan fingerprint density at radius 3 is 2.74 bits per heavy atom. The fourth-order valence-electron chi connectivity index (χ4n) is 1.77. The number of hydrogen-bond acceptors (Lipinski definition) is 4. The van der Waals surface area contributed by atoms with Crippen molar-refractivity contribution in [1.29, 1.82) is 0 Å². The van der Waals surface area contributed by atoms with E-state index in [1.54, 1.807) is 0 Å². The molecule has 0 unspecified atom stereocenters. The lowest BCUT2D eigenvalue weighted by Gasteiger charge is -2.11. The maximum atomic E-state index is 5.85. The molecule has 1 N–H and O–H groups in total. The zero-order valence-corrected chi connectivity index (χ0v) is 11.7. The van der Waals surface area contributed by atoms with Crippen LogP contribution in [-0.4, -0.2) is 21.3 Å². The van der Waals surface area contributed by atoms with Gasteiger partial charge < -0.3 is 14.6 Å². The molecule has 0 fully saturated rings. The minimum absolute atomic E-state index is 0.431. The van der Waals surface area contributed by atoms with Gasteiger partial charge in [-0.15, -0.1) is 10.2 Å². The predicted molar refractivity (Wildman–Crippen MR) is 73.9 cm³/mol. The molecule has 0 aliphatic carbocycles. The first-order valence-electron chi connectivity index (χ1n) is 6.48. The van der Waals surface area contributed by atoms with Crippen LogP contribution in [0.2, 0.25) is 0 Å². The summed E-state index contributed by atoms with van der Waals surface area (Å²) in [6.07, 6.45) is 0.